The molecule has 6 heteroatoms. The number of amides is 2. The van der Waals surface area contributed by atoms with Gasteiger partial charge in [-0.15, -0.1) is 0 Å². The SMILES string of the molecule is CC(C)C(O)CC(=O)Nc1ccc(Cl)c(C(=O)NC2CC2)c1. The van der Waals surface area contributed by atoms with E-state index < -0.39 is 6.10 Å². The highest BCUT2D eigenvalue weighted by Crippen LogP contribution is 2.24. The smallest absolute Gasteiger partial charge is 0.253 e. The minimum Gasteiger partial charge on any atom is -0.392 e. The number of anilines is 1. The number of nitrogens with one attached hydrogen (secondary N) is 2. The molecule has 22 heavy (non-hydrogen) atoms. The molecular weight excluding hydrogens is 304 g/mol. The zero-order valence-corrected chi connectivity index (χ0v) is 13.5. The summed E-state index contributed by atoms with van der Waals surface area (Å²) in [4.78, 5) is 23.9. The van der Waals surface area contributed by atoms with Crippen LogP contribution in [0.1, 0.15) is 43.5 Å². The molecule has 0 radical (unpaired) electrons. The standard InChI is InChI=1S/C16H21ClN2O3/c1-9(2)14(20)8-15(21)18-11-5-6-13(17)12(7-11)16(22)19-10-3-4-10/h5-7,9-10,14,20H,3-4,8H2,1-2H3,(H,18,21)(H,19,22). The van der Waals surface area contributed by atoms with Crippen LogP contribution in [0.4, 0.5) is 5.69 Å². The van der Waals surface area contributed by atoms with Gasteiger partial charge in [0.1, 0.15) is 0 Å². The van der Waals surface area contributed by atoms with Crippen LogP contribution >= 0.6 is 11.6 Å². The average molecular weight is 325 g/mol. The second-order valence-electron chi connectivity index (χ2n) is 6.01. The van der Waals surface area contributed by atoms with Crippen molar-refractivity contribution in [3.05, 3.63) is 28.8 Å². The zero-order chi connectivity index (χ0) is 16.3. The van der Waals surface area contributed by atoms with Crippen molar-refractivity contribution >= 4 is 29.1 Å². The first kappa shape index (κ1) is 16.8. The van der Waals surface area contributed by atoms with Gasteiger partial charge in [-0.2, -0.15) is 0 Å². The molecule has 1 fully saturated rings. The van der Waals surface area contributed by atoms with Gasteiger partial charge in [-0.1, -0.05) is 25.4 Å². The van der Waals surface area contributed by atoms with Gasteiger partial charge in [0.05, 0.1) is 23.1 Å². The van der Waals surface area contributed by atoms with E-state index in [1.54, 1.807) is 18.2 Å². The van der Waals surface area contributed by atoms with Gasteiger partial charge < -0.3 is 15.7 Å². The van der Waals surface area contributed by atoms with Crippen molar-refractivity contribution < 1.29 is 14.7 Å². The molecule has 1 aromatic carbocycles. The van der Waals surface area contributed by atoms with Gasteiger partial charge in [0.2, 0.25) is 5.91 Å². The number of carbonyl (C=O) groups excluding carboxylic acids is 2. The van der Waals surface area contributed by atoms with Gasteiger partial charge in [-0.25, -0.2) is 0 Å². The molecule has 0 bridgehead atoms. The lowest BCUT2D eigenvalue weighted by atomic mass is 10.0. The van der Waals surface area contributed by atoms with Gasteiger partial charge in [-0.05, 0) is 37.0 Å². The fraction of sp³-hybridized carbons (Fsp3) is 0.500. The minimum absolute atomic E-state index is 0.0100. The maximum absolute atomic E-state index is 12.1. The third-order valence-electron chi connectivity index (χ3n) is 3.57. The lowest BCUT2D eigenvalue weighted by Gasteiger charge is -2.14. The highest BCUT2D eigenvalue weighted by molar-refractivity contribution is 6.34. The summed E-state index contributed by atoms with van der Waals surface area (Å²) in [6.45, 7) is 3.70. The quantitative estimate of drug-likeness (QED) is 0.752. The topological polar surface area (TPSA) is 78.4 Å². The molecule has 1 unspecified atom stereocenters. The molecule has 1 atom stereocenters. The summed E-state index contributed by atoms with van der Waals surface area (Å²) in [5.74, 6) is -0.515. The molecule has 2 rings (SSSR count). The predicted octanol–water partition coefficient (Wildman–Crippen LogP) is 2.58. The molecule has 0 heterocycles. The fourth-order valence-electron chi connectivity index (χ4n) is 1.91. The summed E-state index contributed by atoms with van der Waals surface area (Å²) < 4.78 is 0. The molecule has 0 aromatic heterocycles. The number of halogens is 1. The summed E-state index contributed by atoms with van der Waals surface area (Å²) in [6, 6.07) is 5.01. The van der Waals surface area contributed by atoms with E-state index in [1.807, 2.05) is 13.8 Å². The number of hydrogen-bond donors (Lipinski definition) is 3. The molecule has 120 valence electrons. The van der Waals surface area contributed by atoms with Crippen LogP contribution in [0.25, 0.3) is 0 Å². The Morgan fingerprint density at radius 2 is 2.05 bits per heavy atom. The first-order valence-electron chi connectivity index (χ1n) is 7.45. The number of benzene rings is 1. The monoisotopic (exact) mass is 324 g/mol. The Bertz CT molecular complexity index is 571. The van der Waals surface area contributed by atoms with E-state index in [-0.39, 0.29) is 30.2 Å². The van der Waals surface area contributed by atoms with Crippen LogP contribution in [0.5, 0.6) is 0 Å². The Labute approximate surface area is 135 Å². The first-order valence-corrected chi connectivity index (χ1v) is 7.83. The normalized spacial score (nSPS) is 15.5. The third-order valence-corrected chi connectivity index (χ3v) is 3.90. The van der Waals surface area contributed by atoms with E-state index >= 15 is 0 Å². The zero-order valence-electron chi connectivity index (χ0n) is 12.7. The van der Waals surface area contributed by atoms with E-state index in [0.29, 0.717) is 16.3 Å². The lowest BCUT2D eigenvalue weighted by molar-refractivity contribution is -0.118. The van der Waals surface area contributed by atoms with Gasteiger partial charge in [0.25, 0.3) is 5.91 Å². The summed E-state index contributed by atoms with van der Waals surface area (Å²) in [5, 5.41) is 15.6. The maximum atomic E-state index is 12.1. The van der Waals surface area contributed by atoms with Crippen molar-refractivity contribution in [3.8, 4) is 0 Å². The Morgan fingerprint density at radius 1 is 1.36 bits per heavy atom. The number of aliphatic hydroxyl groups excluding tert-OH is 1. The molecule has 3 N–H and O–H groups in total. The van der Waals surface area contributed by atoms with Crippen molar-refractivity contribution in [2.75, 3.05) is 5.32 Å². The predicted molar refractivity (Wildman–Crippen MR) is 86.0 cm³/mol. The Hall–Kier alpha value is -1.59. The van der Waals surface area contributed by atoms with E-state index in [2.05, 4.69) is 10.6 Å². The highest BCUT2D eigenvalue weighted by atomic mass is 35.5. The summed E-state index contributed by atoms with van der Waals surface area (Å²) in [7, 11) is 0. The molecule has 1 aliphatic rings. The van der Waals surface area contributed by atoms with Gasteiger partial charge in [0.15, 0.2) is 0 Å². The van der Waals surface area contributed by atoms with Gasteiger partial charge >= 0.3 is 0 Å². The molecule has 0 saturated heterocycles. The number of rotatable bonds is 6. The van der Waals surface area contributed by atoms with Crippen molar-refractivity contribution in [1.82, 2.24) is 5.32 Å². The lowest BCUT2D eigenvalue weighted by Crippen LogP contribution is -2.26. The van der Waals surface area contributed by atoms with E-state index in [4.69, 9.17) is 11.6 Å². The van der Waals surface area contributed by atoms with Crippen LogP contribution in [-0.2, 0) is 4.79 Å². The Balaban J connectivity index is 2.02. The van der Waals surface area contributed by atoms with Crippen LogP contribution in [0, 0.1) is 5.92 Å². The van der Waals surface area contributed by atoms with E-state index in [1.165, 1.54) is 0 Å². The molecule has 2 amide bonds. The van der Waals surface area contributed by atoms with Gasteiger partial charge in [0, 0.05) is 11.7 Å². The molecule has 1 aliphatic carbocycles. The first-order chi connectivity index (χ1) is 10.4. The fourth-order valence-corrected chi connectivity index (χ4v) is 2.11. The van der Waals surface area contributed by atoms with Crippen LogP contribution in [0.2, 0.25) is 5.02 Å². The Kier molecular flexibility index (Phi) is 5.42. The highest BCUT2D eigenvalue weighted by Gasteiger charge is 2.25. The maximum Gasteiger partial charge on any atom is 0.253 e. The summed E-state index contributed by atoms with van der Waals surface area (Å²) in [5.41, 5.74) is 0.835. The van der Waals surface area contributed by atoms with Crippen molar-refractivity contribution in [2.45, 2.75) is 45.3 Å². The molecule has 5 nitrogen and oxygen atoms in total. The molecule has 1 saturated carbocycles. The second-order valence-corrected chi connectivity index (χ2v) is 6.41. The van der Waals surface area contributed by atoms with Gasteiger partial charge in [-0.3, -0.25) is 9.59 Å². The van der Waals surface area contributed by atoms with Crippen molar-refractivity contribution in [3.63, 3.8) is 0 Å². The Morgan fingerprint density at radius 3 is 2.64 bits per heavy atom. The molecular formula is C16H21ClN2O3. The van der Waals surface area contributed by atoms with Crippen LogP contribution in [0.15, 0.2) is 18.2 Å². The average Bonchev–Trinajstić information content (AvgIpc) is 3.24. The van der Waals surface area contributed by atoms with E-state index in [9.17, 15) is 14.7 Å². The van der Waals surface area contributed by atoms with Crippen LogP contribution < -0.4 is 10.6 Å². The third kappa shape index (κ3) is 4.71. The summed E-state index contributed by atoms with van der Waals surface area (Å²) in [6.07, 6.45) is 1.31. The molecule has 0 aliphatic heterocycles. The molecule has 0 spiro atoms. The largest absolute Gasteiger partial charge is 0.392 e. The minimum atomic E-state index is -0.690. The number of aliphatic hydroxyl groups is 1. The number of carbonyl (C=O) groups is 2. The second kappa shape index (κ2) is 7.11. The van der Waals surface area contributed by atoms with Crippen molar-refractivity contribution in [1.29, 1.82) is 0 Å². The van der Waals surface area contributed by atoms with Crippen LogP contribution in [-0.4, -0.2) is 29.1 Å². The summed E-state index contributed by atoms with van der Waals surface area (Å²) >= 11 is 6.04. The van der Waals surface area contributed by atoms with Crippen LogP contribution in [0.3, 0.4) is 0 Å². The van der Waals surface area contributed by atoms with Crippen molar-refractivity contribution in [2.24, 2.45) is 5.92 Å². The van der Waals surface area contributed by atoms with E-state index in [0.717, 1.165) is 12.8 Å². The molecule has 1 aromatic rings. The number of hydrogen-bond acceptors (Lipinski definition) is 3.